The number of fused-ring (bicyclic) bond motifs is 1. The second-order valence-electron chi connectivity index (χ2n) is 5.71. The number of hydrogen-bond acceptors (Lipinski definition) is 4. The number of para-hydroxylation sites is 1. The van der Waals surface area contributed by atoms with Crippen molar-refractivity contribution in [2.24, 2.45) is 5.92 Å². The summed E-state index contributed by atoms with van der Waals surface area (Å²) >= 11 is 0. The Bertz CT molecular complexity index is 499. The SMILES string of the molecule is C[C@@H]1Cc2ccccc2O[C@@H]1C(=O)NOC1CCCCO1. The van der Waals surface area contributed by atoms with Gasteiger partial charge >= 0.3 is 0 Å². The number of amides is 1. The van der Waals surface area contributed by atoms with E-state index < -0.39 is 6.10 Å². The van der Waals surface area contributed by atoms with Gasteiger partial charge in [-0.25, -0.2) is 10.3 Å². The normalized spacial score (nSPS) is 28.3. The average Bonchev–Trinajstić information content (AvgIpc) is 2.53. The predicted octanol–water partition coefficient (Wildman–Crippen LogP) is 2.20. The lowest BCUT2D eigenvalue weighted by atomic mass is 9.92. The zero-order chi connectivity index (χ0) is 14.7. The minimum absolute atomic E-state index is 0.107. The van der Waals surface area contributed by atoms with E-state index in [1.54, 1.807) is 0 Å². The van der Waals surface area contributed by atoms with Crippen LogP contribution in [0.15, 0.2) is 24.3 Å². The molecule has 114 valence electrons. The third-order valence-electron chi connectivity index (χ3n) is 3.97. The lowest BCUT2D eigenvalue weighted by molar-refractivity contribution is -0.204. The Labute approximate surface area is 124 Å². The highest BCUT2D eigenvalue weighted by atomic mass is 16.8. The molecule has 0 bridgehead atoms. The minimum Gasteiger partial charge on any atom is -0.480 e. The molecule has 5 heteroatoms. The summed E-state index contributed by atoms with van der Waals surface area (Å²) in [7, 11) is 0. The van der Waals surface area contributed by atoms with E-state index in [0.717, 1.165) is 37.0 Å². The van der Waals surface area contributed by atoms with E-state index in [1.807, 2.05) is 31.2 Å². The van der Waals surface area contributed by atoms with Gasteiger partial charge in [-0.1, -0.05) is 25.1 Å². The van der Waals surface area contributed by atoms with Gasteiger partial charge in [-0.15, -0.1) is 0 Å². The summed E-state index contributed by atoms with van der Waals surface area (Å²) < 4.78 is 11.2. The molecule has 3 atom stereocenters. The third-order valence-corrected chi connectivity index (χ3v) is 3.97. The van der Waals surface area contributed by atoms with Gasteiger partial charge in [0.05, 0.1) is 0 Å². The highest BCUT2D eigenvalue weighted by molar-refractivity contribution is 5.80. The summed E-state index contributed by atoms with van der Waals surface area (Å²) in [6.45, 7) is 2.70. The van der Waals surface area contributed by atoms with Gasteiger partial charge in [0.2, 0.25) is 0 Å². The lowest BCUT2D eigenvalue weighted by Gasteiger charge is -2.31. The largest absolute Gasteiger partial charge is 0.480 e. The first-order chi connectivity index (χ1) is 10.2. The van der Waals surface area contributed by atoms with Crippen molar-refractivity contribution in [1.82, 2.24) is 5.48 Å². The number of rotatable bonds is 3. The third kappa shape index (κ3) is 3.36. The Morgan fingerprint density at radius 3 is 3.00 bits per heavy atom. The van der Waals surface area contributed by atoms with E-state index in [4.69, 9.17) is 14.3 Å². The first-order valence-electron chi connectivity index (χ1n) is 7.55. The van der Waals surface area contributed by atoms with E-state index in [9.17, 15) is 4.79 Å². The molecular formula is C16H21NO4. The van der Waals surface area contributed by atoms with Crippen LogP contribution in [-0.4, -0.2) is 24.9 Å². The van der Waals surface area contributed by atoms with Crippen LogP contribution < -0.4 is 10.2 Å². The zero-order valence-electron chi connectivity index (χ0n) is 12.2. The van der Waals surface area contributed by atoms with Crippen LogP contribution in [0.4, 0.5) is 0 Å². The molecule has 0 spiro atoms. The van der Waals surface area contributed by atoms with Crippen LogP contribution in [0.25, 0.3) is 0 Å². The minimum atomic E-state index is -0.525. The number of nitrogens with one attached hydrogen (secondary N) is 1. The Morgan fingerprint density at radius 1 is 1.33 bits per heavy atom. The summed E-state index contributed by atoms with van der Waals surface area (Å²) in [5.74, 6) is 0.645. The summed E-state index contributed by atoms with van der Waals surface area (Å²) in [4.78, 5) is 17.6. The van der Waals surface area contributed by atoms with Crippen LogP contribution in [0.5, 0.6) is 5.75 Å². The van der Waals surface area contributed by atoms with Crippen molar-refractivity contribution in [1.29, 1.82) is 0 Å². The molecule has 1 aromatic rings. The molecule has 2 aliphatic heterocycles. The lowest BCUT2D eigenvalue weighted by Crippen LogP contribution is -2.46. The molecule has 1 unspecified atom stereocenters. The van der Waals surface area contributed by atoms with Gasteiger partial charge in [0.25, 0.3) is 5.91 Å². The van der Waals surface area contributed by atoms with Crippen molar-refractivity contribution in [3.05, 3.63) is 29.8 Å². The van der Waals surface area contributed by atoms with E-state index in [1.165, 1.54) is 0 Å². The molecule has 1 N–H and O–H groups in total. The van der Waals surface area contributed by atoms with Crippen LogP contribution in [-0.2, 0) is 20.8 Å². The highest BCUT2D eigenvalue weighted by Crippen LogP contribution is 2.30. The van der Waals surface area contributed by atoms with Crippen LogP contribution in [0, 0.1) is 5.92 Å². The fourth-order valence-corrected chi connectivity index (χ4v) is 2.79. The first kappa shape index (κ1) is 14.4. The molecule has 1 fully saturated rings. The number of carbonyl (C=O) groups excluding carboxylic acids is 1. The number of hydrogen-bond donors (Lipinski definition) is 1. The van der Waals surface area contributed by atoms with E-state index in [0.29, 0.717) is 6.61 Å². The zero-order valence-corrected chi connectivity index (χ0v) is 12.2. The van der Waals surface area contributed by atoms with Crippen LogP contribution in [0.3, 0.4) is 0 Å². The Balaban J connectivity index is 1.57. The fraction of sp³-hybridized carbons (Fsp3) is 0.562. The van der Waals surface area contributed by atoms with Gasteiger partial charge in [-0.2, -0.15) is 0 Å². The smallest absolute Gasteiger partial charge is 0.284 e. The molecule has 2 aliphatic rings. The Hall–Kier alpha value is -1.59. The standard InChI is InChI=1S/C16H21NO4/c1-11-10-12-6-2-3-7-13(12)20-15(11)16(18)17-21-14-8-4-5-9-19-14/h2-3,6-7,11,14-15H,4-5,8-10H2,1H3,(H,17,18)/t11-,14?,15+/m1/s1. The topological polar surface area (TPSA) is 56.8 Å². The second-order valence-corrected chi connectivity index (χ2v) is 5.71. The maximum Gasteiger partial charge on any atom is 0.284 e. The summed E-state index contributed by atoms with van der Waals surface area (Å²) in [5, 5.41) is 0. The molecule has 0 aliphatic carbocycles. The van der Waals surface area contributed by atoms with Crippen LogP contribution in [0.2, 0.25) is 0 Å². The molecule has 2 heterocycles. The predicted molar refractivity (Wildman–Crippen MR) is 76.5 cm³/mol. The van der Waals surface area contributed by atoms with Crippen molar-refractivity contribution in [3.63, 3.8) is 0 Å². The fourth-order valence-electron chi connectivity index (χ4n) is 2.79. The van der Waals surface area contributed by atoms with E-state index >= 15 is 0 Å². The Morgan fingerprint density at radius 2 is 2.19 bits per heavy atom. The van der Waals surface area contributed by atoms with Crippen molar-refractivity contribution >= 4 is 5.91 Å². The van der Waals surface area contributed by atoms with E-state index in [-0.39, 0.29) is 18.1 Å². The molecular weight excluding hydrogens is 270 g/mol. The van der Waals surface area contributed by atoms with Gasteiger partial charge in [-0.3, -0.25) is 4.79 Å². The molecule has 0 aromatic heterocycles. The van der Waals surface area contributed by atoms with Crippen molar-refractivity contribution in [3.8, 4) is 5.75 Å². The summed E-state index contributed by atoms with van der Waals surface area (Å²) in [6, 6.07) is 7.83. The van der Waals surface area contributed by atoms with Crippen LogP contribution in [0.1, 0.15) is 31.7 Å². The molecule has 1 amide bonds. The van der Waals surface area contributed by atoms with Gasteiger partial charge in [0.1, 0.15) is 5.75 Å². The second kappa shape index (κ2) is 6.45. The summed E-state index contributed by atoms with van der Waals surface area (Å²) in [6.07, 6.45) is 2.88. The molecule has 21 heavy (non-hydrogen) atoms. The quantitative estimate of drug-likeness (QED) is 0.867. The first-order valence-corrected chi connectivity index (χ1v) is 7.55. The number of ether oxygens (including phenoxy) is 2. The van der Waals surface area contributed by atoms with Gasteiger partial charge in [0.15, 0.2) is 12.4 Å². The number of carbonyl (C=O) groups is 1. The van der Waals surface area contributed by atoms with Gasteiger partial charge < -0.3 is 9.47 Å². The number of hydroxylamine groups is 1. The molecule has 1 aromatic carbocycles. The summed E-state index contributed by atoms with van der Waals surface area (Å²) in [5.41, 5.74) is 3.64. The van der Waals surface area contributed by atoms with Crippen molar-refractivity contribution < 1.29 is 19.1 Å². The number of benzene rings is 1. The molecule has 5 nitrogen and oxygen atoms in total. The molecule has 0 radical (unpaired) electrons. The van der Waals surface area contributed by atoms with Gasteiger partial charge in [0, 0.05) is 18.9 Å². The van der Waals surface area contributed by atoms with Crippen molar-refractivity contribution in [2.75, 3.05) is 6.61 Å². The monoisotopic (exact) mass is 291 g/mol. The molecule has 0 saturated carbocycles. The van der Waals surface area contributed by atoms with Crippen molar-refractivity contribution in [2.45, 2.75) is 45.0 Å². The Kier molecular flexibility index (Phi) is 4.41. The highest BCUT2D eigenvalue weighted by Gasteiger charge is 2.33. The van der Waals surface area contributed by atoms with Crippen LogP contribution >= 0.6 is 0 Å². The maximum atomic E-state index is 12.2. The van der Waals surface area contributed by atoms with E-state index in [2.05, 4.69) is 5.48 Å². The molecule has 3 rings (SSSR count). The molecule has 1 saturated heterocycles. The van der Waals surface area contributed by atoms with Gasteiger partial charge in [-0.05, 0) is 30.9 Å². The maximum absolute atomic E-state index is 12.2. The average molecular weight is 291 g/mol.